The second-order valence-electron chi connectivity index (χ2n) is 6.45. The van der Waals surface area contributed by atoms with E-state index in [9.17, 15) is 18.3 Å². The van der Waals surface area contributed by atoms with E-state index in [0.29, 0.717) is 5.76 Å². The second-order valence-corrected chi connectivity index (χ2v) is 8.17. The molecule has 1 aromatic heterocycles. The molecule has 0 saturated heterocycles. The maximum atomic E-state index is 12.5. The molecule has 2 atom stereocenters. The normalized spacial score (nSPS) is 18.6. The van der Waals surface area contributed by atoms with Crippen LogP contribution in [0.3, 0.4) is 0 Å². The average molecular weight is 375 g/mol. The molecule has 0 fully saturated rings. The van der Waals surface area contributed by atoms with Gasteiger partial charge >= 0.3 is 5.97 Å². The summed E-state index contributed by atoms with van der Waals surface area (Å²) in [5.74, 6) is -0.537. The number of carboxylic acid groups (broad SMARTS) is 1. The van der Waals surface area contributed by atoms with Gasteiger partial charge in [0, 0.05) is 11.5 Å². The Morgan fingerprint density at radius 2 is 2.04 bits per heavy atom. The van der Waals surface area contributed by atoms with E-state index >= 15 is 0 Å². The lowest BCUT2D eigenvalue weighted by atomic mass is 9.93. The third-order valence-electron chi connectivity index (χ3n) is 4.44. The van der Waals surface area contributed by atoms with Crippen molar-refractivity contribution in [1.29, 1.82) is 0 Å². The van der Waals surface area contributed by atoms with Crippen molar-refractivity contribution in [2.24, 2.45) is 0 Å². The Kier molecular flexibility index (Phi) is 5.29. The Bertz CT molecular complexity index is 912. The van der Waals surface area contributed by atoms with E-state index < -0.39 is 22.0 Å². The van der Waals surface area contributed by atoms with Crippen molar-refractivity contribution in [2.75, 3.05) is 0 Å². The zero-order valence-corrected chi connectivity index (χ0v) is 15.2. The quantitative estimate of drug-likeness (QED) is 0.753. The van der Waals surface area contributed by atoms with Crippen LogP contribution >= 0.6 is 0 Å². The van der Waals surface area contributed by atoms with Crippen molar-refractivity contribution >= 4 is 16.0 Å². The summed E-state index contributed by atoms with van der Waals surface area (Å²) in [4.78, 5) is 11.7. The molecule has 3 rings (SSSR count). The predicted octanol–water partition coefficient (Wildman–Crippen LogP) is 3.52. The van der Waals surface area contributed by atoms with Gasteiger partial charge in [0.2, 0.25) is 10.0 Å². The Morgan fingerprint density at radius 1 is 1.31 bits per heavy atom. The minimum Gasteiger partial charge on any atom is -0.480 e. The smallest absolute Gasteiger partial charge is 0.326 e. The van der Waals surface area contributed by atoms with Crippen LogP contribution in [0.5, 0.6) is 0 Å². The number of carbonyl (C=O) groups is 1. The van der Waals surface area contributed by atoms with Gasteiger partial charge in [0.1, 0.15) is 11.8 Å². The molecule has 0 saturated carbocycles. The van der Waals surface area contributed by atoms with E-state index in [4.69, 9.17) is 4.42 Å². The number of nitrogens with one attached hydrogen (secondary N) is 1. The van der Waals surface area contributed by atoms with E-state index in [-0.39, 0.29) is 16.4 Å². The third-order valence-corrected chi connectivity index (χ3v) is 5.88. The van der Waals surface area contributed by atoms with Gasteiger partial charge in [0.15, 0.2) is 0 Å². The lowest BCUT2D eigenvalue weighted by Gasteiger charge is -2.14. The molecule has 7 heteroatoms. The van der Waals surface area contributed by atoms with Crippen molar-refractivity contribution in [3.05, 3.63) is 65.6 Å². The standard InChI is InChI=1S/C19H21NO5S/c1-13-7-9-16(10-8-13)26(23,24)20-18(19(21)22)15-11-17(25-12-15)14-5-3-2-4-6-14/h3,5,7-12,14,18,20H,2,4,6H2,1H3,(H,21,22). The van der Waals surface area contributed by atoms with Crippen LogP contribution in [0, 0.1) is 6.92 Å². The van der Waals surface area contributed by atoms with Gasteiger partial charge in [-0.05, 0) is 44.4 Å². The first kappa shape index (κ1) is 18.4. The molecule has 138 valence electrons. The molecule has 0 aliphatic heterocycles. The number of aliphatic carboxylic acids is 1. The Morgan fingerprint density at radius 3 is 2.65 bits per heavy atom. The highest BCUT2D eigenvalue weighted by atomic mass is 32.2. The van der Waals surface area contributed by atoms with Crippen LogP contribution in [0.4, 0.5) is 0 Å². The minimum absolute atomic E-state index is 0.0216. The van der Waals surface area contributed by atoms with Crippen molar-refractivity contribution in [1.82, 2.24) is 4.72 Å². The van der Waals surface area contributed by atoms with Crippen molar-refractivity contribution in [2.45, 2.75) is 43.0 Å². The Labute approximate surface area is 152 Å². The zero-order chi connectivity index (χ0) is 18.7. The maximum absolute atomic E-state index is 12.5. The number of sulfonamides is 1. The fraction of sp³-hybridized carbons (Fsp3) is 0.316. The summed E-state index contributed by atoms with van der Waals surface area (Å²) in [7, 11) is -3.97. The molecule has 2 unspecified atom stereocenters. The van der Waals surface area contributed by atoms with E-state index in [2.05, 4.69) is 10.8 Å². The fourth-order valence-electron chi connectivity index (χ4n) is 2.97. The highest BCUT2D eigenvalue weighted by Gasteiger charge is 2.29. The molecular weight excluding hydrogens is 354 g/mol. The van der Waals surface area contributed by atoms with Crippen molar-refractivity contribution in [3.63, 3.8) is 0 Å². The molecule has 26 heavy (non-hydrogen) atoms. The lowest BCUT2D eigenvalue weighted by molar-refractivity contribution is -0.139. The van der Waals surface area contributed by atoms with Crippen LogP contribution in [0.15, 0.2) is 58.1 Å². The summed E-state index contributed by atoms with van der Waals surface area (Å²) in [6.45, 7) is 1.84. The summed E-state index contributed by atoms with van der Waals surface area (Å²) >= 11 is 0. The van der Waals surface area contributed by atoms with Gasteiger partial charge in [-0.15, -0.1) is 0 Å². The third kappa shape index (κ3) is 4.05. The monoisotopic (exact) mass is 375 g/mol. The zero-order valence-electron chi connectivity index (χ0n) is 14.4. The molecule has 6 nitrogen and oxygen atoms in total. The number of hydrogen-bond acceptors (Lipinski definition) is 4. The average Bonchev–Trinajstić information content (AvgIpc) is 3.10. The van der Waals surface area contributed by atoms with Gasteiger partial charge in [-0.1, -0.05) is 29.8 Å². The molecule has 1 aromatic carbocycles. The topological polar surface area (TPSA) is 96.6 Å². The number of allylic oxidation sites excluding steroid dienone is 2. The van der Waals surface area contributed by atoms with Gasteiger partial charge in [-0.25, -0.2) is 8.42 Å². The summed E-state index contributed by atoms with van der Waals surface area (Å²) < 4.78 is 32.8. The second kappa shape index (κ2) is 7.47. The number of aryl methyl sites for hydroxylation is 1. The number of hydrogen-bond donors (Lipinski definition) is 2. The summed E-state index contributed by atoms with van der Waals surface area (Å²) in [5.41, 5.74) is 1.20. The summed E-state index contributed by atoms with van der Waals surface area (Å²) in [5, 5.41) is 9.52. The maximum Gasteiger partial charge on any atom is 0.326 e. The van der Waals surface area contributed by atoms with Crippen LogP contribution in [-0.4, -0.2) is 19.5 Å². The van der Waals surface area contributed by atoms with E-state index in [1.54, 1.807) is 18.2 Å². The Balaban J connectivity index is 1.84. The molecule has 1 aliphatic rings. The van der Waals surface area contributed by atoms with Gasteiger partial charge in [-0.3, -0.25) is 4.79 Å². The minimum atomic E-state index is -3.97. The van der Waals surface area contributed by atoms with Crippen LogP contribution in [0.2, 0.25) is 0 Å². The number of carboxylic acids is 1. The summed E-state index contributed by atoms with van der Waals surface area (Å²) in [6, 6.07) is 6.43. The van der Waals surface area contributed by atoms with Gasteiger partial charge in [0.25, 0.3) is 0 Å². The van der Waals surface area contributed by atoms with Crippen molar-refractivity contribution < 1.29 is 22.7 Å². The van der Waals surface area contributed by atoms with Crippen LogP contribution in [0.25, 0.3) is 0 Å². The molecule has 0 bridgehead atoms. The highest BCUT2D eigenvalue weighted by Crippen LogP contribution is 2.31. The van der Waals surface area contributed by atoms with E-state index in [0.717, 1.165) is 24.8 Å². The molecule has 1 heterocycles. The molecule has 0 amide bonds. The molecule has 2 N–H and O–H groups in total. The lowest BCUT2D eigenvalue weighted by Crippen LogP contribution is -2.33. The van der Waals surface area contributed by atoms with Crippen LogP contribution in [-0.2, 0) is 14.8 Å². The molecule has 0 radical (unpaired) electrons. The predicted molar refractivity (Wildman–Crippen MR) is 96.3 cm³/mol. The first-order chi connectivity index (χ1) is 12.4. The first-order valence-corrected chi connectivity index (χ1v) is 9.92. The number of rotatable bonds is 6. The van der Waals surface area contributed by atoms with Crippen molar-refractivity contribution in [3.8, 4) is 0 Å². The Hall–Kier alpha value is -2.38. The SMILES string of the molecule is Cc1ccc(S(=O)(=O)NC(C(=O)O)c2coc(C3C=CCCC3)c2)cc1. The number of benzene rings is 1. The molecular formula is C19H21NO5S. The fourth-order valence-corrected chi connectivity index (χ4v) is 4.14. The van der Waals surface area contributed by atoms with Gasteiger partial charge in [-0.2, -0.15) is 4.72 Å². The van der Waals surface area contributed by atoms with Crippen LogP contribution < -0.4 is 4.72 Å². The largest absolute Gasteiger partial charge is 0.480 e. The van der Waals surface area contributed by atoms with E-state index in [1.807, 2.05) is 13.0 Å². The highest BCUT2D eigenvalue weighted by molar-refractivity contribution is 7.89. The van der Waals surface area contributed by atoms with Crippen LogP contribution in [0.1, 0.15) is 48.1 Å². The molecule has 0 spiro atoms. The van der Waals surface area contributed by atoms with Gasteiger partial charge < -0.3 is 9.52 Å². The first-order valence-electron chi connectivity index (χ1n) is 8.43. The molecule has 2 aromatic rings. The van der Waals surface area contributed by atoms with E-state index in [1.165, 1.54) is 18.4 Å². The van der Waals surface area contributed by atoms with Gasteiger partial charge in [0.05, 0.1) is 11.2 Å². The molecule has 1 aliphatic carbocycles. The summed E-state index contributed by atoms with van der Waals surface area (Å²) in [6.07, 6.45) is 8.42. The number of furan rings is 1.